The Morgan fingerprint density at radius 3 is 2.10 bits per heavy atom. The highest BCUT2D eigenvalue weighted by Gasteiger charge is 2.55. The topological polar surface area (TPSA) is 577 Å². The summed E-state index contributed by atoms with van der Waals surface area (Å²) in [6.07, 6.45) is -14.0. The predicted octanol–water partition coefficient (Wildman–Crippen LogP) is 6.38. The van der Waals surface area contributed by atoms with Crippen LogP contribution in [0.2, 0.25) is 0 Å². The number of Topliss-reactive ketones (excluding diaryl/α,β-unsaturated/α-hetero) is 1. The first kappa shape index (κ1) is 127. The molecule has 1 aliphatic carbocycles. The number of halogens is 3. The van der Waals surface area contributed by atoms with Crippen molar-refractivity contribution in [1.82, 2.24) is 57.3 Å². The zero-order valence-corrected chi connectivity index (χ0v) is 95.3. The molecule has 5 aliphatic rings. The quantitative estimate of drug-likeness (QED) is 0.00426. The van der Waals surface area contributed by atoms with Gasteiger partial charge in [0.15, 0.2) is 36.2 Å². The van der Waals surface area contributed by atoms with E-state index < -0.39 is 199 Å². The van der Waals surface area contributed by atoms with Crippen LogP contribution in [0.1, 0.15) is 154 Å². The van der Waals surface area contributed by atoms with E-state index in [2.05, 4.69) is 109 Å². The van der Waals surface area contributed by atoms with Gasteiger partial charge in [-0.25, -0.2) is 19.1 Å². The van der Waals surface area contributed by atoms with Crippen molar-refractivity contribution in [2.24, 2.45) is 17.6 Å². The Bertz CT molecular complexity index is 5050. The third-order valence-corrected chi connectivity index (χ3v) is 31.4. The van der Waals surface area contributed by atoms with Crippen LogP contribution in [0.4, 0.5) is 20.1 Å². The summed E-state index contributed by atoms with van der Waals surface area (Å²) in [5.74, 6) is 7.41. The summed E-state index contributed by atoms with van der Waals surface area (Å²) in [7, 11) is 9.85. The lowest BCUT2D eigenvalue weighted by atomic mass is 9.68. The molecule has 0 radical (unpaired) electrons. The number of hydrogen-bond donors (Lipinski definition) is 13. The molecule has 838 valence electrons. The van der Waals surface area contributed by atoms with Crippen LogP contribution in [0, 0.1) is 46.0 Å². The molecule has 14 N–H and O–H groups in total. The van der Waals surface area contributed by atoms with Crippen molar-refractivity contribution in [3.05, 3.63) is 79.7 Å². The number of hydrogen-bond acceptors (Lipinski definition) is 38. The van der Waals surface area contributed by atoms with Crippen molar-refractivity contribution in [3.63, 3.8) is 0 Å². The molecule has 4 saturated heterocycles. The highest BCUT2D eigenvalue weighted by molar-refractivity contribution is 14.1. The number of alkyl halides is 2. The van der Waals surface area contributed by atoms with Gasteiger partial charge < -0.3 is 149 Å². The van der Waals surface area contributed by atoms with Crippen LogP contribution < -0.4 is 62.6 Å². The second kappa shape index (κ2) is 65.2. The van der Waals surface area contributed by atoms with Crippen LogP contribution in [0.5, 0.6) is 17.2 Å². The van der Waals surface area contributed by atoms with Gasteiger partial charge in [-0.2, -0.15) is 5.48 Å². The minimum absolute atomic E-state index is 0.00137. The van der Waals surface area contributed by atoms with Gasteiger partial charge in [0.2, 0.25) is 40.4 Å². The van der Waals surface area contributed by atoms with Crippen LogP contribution in [-0.4, -0.2) is 364 Å². The minimum Gasteiger partial charge on any atom is -0.492 e. The Labute approximate surface area is 917 Å². The number of methoxy groups -OCH3 is 5. The standard InChI is InChI=1S/C99H146Br2IN13O32S3/c1-18-20-21-22-23-26-70(78-63(33-45-148-150-55(5)6)99(12,129)48-69(117)82(78)110-98(128)134-17)145-95-89(84(122)81(57(8)144-95)112-147-76-46-68(116)91(60(11)141-76)149-94(125)77-56(7)79(102)87(90(133-16)86(77)131-14)142-58(9)83(121)88(132-15)85-59(10)143-85)146-75-47-71(130-13)67(53-139-75)114(19-2)74(120)51-106-97(127)140-52-61-27-29-62(30-28-61)107-92(123)64(25-24-34-105-96(103)126)108-93(124)80(54(3)4)109-73(119)32-38-136-41-43-137-39-35-104-72(118)31-37-135-42-44-138-40-36-115-66(50-101)65(49-100)111-113-115/h21-22,27-30,33,54-55,57-60,64,67-68,70-71,75-76,78,80-85,88-89,91,95,112,116,121-122,129H,19,24-25,31-32,34-53H2,1-17H3,(H,104,118)(H,106,127)(H,107,123)(H,108,124)(H,109,119)(H,110,128)(H3,103,105,126)/b22-21-,63-33+/t57?,58?,59?,60?,64-,67?,68?,70-,71?,75?,76?,78?,80-,81?,82?,83?,84?,85?,88?,89?,91?,95?,99-/m0/s1. The van der Waals surface area contributed by atoms with Crippen molar-refractivity contribution in [2.75, 3.05) is 132 Å². The second-order valence-corrected chi connectivity index (χ2v) is 42.8. The summed E-state index contributed by atoms with van der Waals surface area (Å²) in [6.45, 7) is 22.5. The number of likely N-dealkylation sites (N-methyl/N-ethyl adjacent to an activating group) is 1. The maximum absolute atomic E-state index is 14.7. The molecular formula is C99H146Br2IN13O32S3. The molecule has 45 nitrogen and oxygen atoms in total. The number of carbonyl (C=O) groups is 10. The third-order valence-electron chi connectivity index (χ3n) is 24.9. The molecule has 150 heavy (non-hydrogen) atoms. The van der Waals surface area contributed by atoms with Crippen molar-refractivity contribution in [2.45, 2.75) is 290 Å². The van der Waals surface area contributed by atoms with Crippen molar-refractivity contribution in [1.29, 1.82) is 0 Å². The minimum atomic E-state index is -1.83. The van der Waals surface area contributed by atoms with Gasteiger partial charge in [0.05, 0.1) is 161 Å². The molecule has 5 fully saturated rings. The van der Waals surface area contributed by atoms with Gasteiger partial charge in [-0.15, -0.1) is 11.0 Å². The molecule has 0 bridgehead atoms. The molecule has 8 rings (SSSR count). The fourth-order valence-corrected chi connectivity index (χ4v) is 21.6. The number of nitrogens with one attached hydrogen (secondary N) is 8. The van der Waals surface area contributed by atoms with Crippen LogP contribution in [0.3, 0.4) is 0 Å². The van der Waals surface area contributed by atoms with E-state index in [1.807, 2.05) is 43.4 Å². The van der Waals surface area contributed by atoms with Crippen LogP contribution >= 0.6 is 87.8 Å². The number of ketones is 1. The van der Waals surface area contributed by atoms with Crippen LogP contribution in [-0.2, 0) is 124 Å². The van der Waals surface area contributed by atoms with E-state index >= 15 is 0 Å². The third kappa shape index (κ3) is 38.9. The number of aromatic nitrogens is 3. The van der Waals surface area contributed by atoms with Crippen molar-refractivity contribution < 1.29 is 154 Å². The lowest BCUT2D eigenvalue weighted by Crippen LogP contribution is -2.66. The number of alkyl carbamates (subject to hydrolysis) is 2. The maximum Gasteiger partial charge on any atom is 0.407 e. The van der Waals surface area contributed by atoms with Crippen molar-refractivity contribution >= 4 is 152 Å². The number of nitrogens with zero attached hydrogens (tertiary/aromatic N) is 4. The summed E-state index contributed by atoms with van der Waals surface area (Å²) in [5, 5.41) is 75.8. The number of primary amides is 1. The van der Waals surface area contributed by atoms with Gasteiger partial charge in [-0.05, 0) is 138 Å². The highest BCUT2D eigenvalue weighted by Crippen LogP contribution is 2.50. The zero-order valence-electron chi connectivity index (χ0n) is 87.5. The number of epoxide rings is 1. The predicted molar refractivity (Wildman–Crippen MR) is 570 cm³/mol. The Kier molecular flexibility index (Phi) is 55.3. The van der Waals surface area contributed by atoms with E-state index in [0.717, 1.165) is 30.3 Å². The maximum atomic E-state index is 14.7. The number of hydroxylamine groups is 1. The monoisotopic (exact) mass is 2410 g/mol. The summed E-state index contributed by atoms with van der Waals surface area (Å²) < 4.78 is 104. The van der Waals surface area contributed by atoms with Crippen LogP contribution in [0.15, 0.2) is 48.1 Å². The van der Waals surface area contributed by atoms with E-state index in [1.54, 1.807) is 89.1 Å². The summed E-state index contributed by atoms with van der Waals surface area (Å²) in [4.78, 5) is 143. The molecule has 2 aromatic carbocycles. The Morgan fingerprint density at radius 1 is 0.800 bits per heavy atom. The number of ether oxygens (including phenoxy) is 17. The number of amides is 9. The molecule has 19 unspecified atom stereocenters. The number of thioether (sulfide) groups is 1. The summed E-state index contributed by atoms with van der Waals surface area (Å²) in [5.41, 5.74) is 9.83. The number of aliphatic hydroxyl groups is 4. The number of rotatable bonds is 60. The van der Waals surface area contributed by atoms with E-state index in [0.29, 0.717) is 57.5 Å². The molecule has 5 heterocycles. The Balaban J connectivity index is 0.875. The molecule has 1 saturated carbocycles. The van der Waals surface area contributed by atoms with E-state index in [4.69, 9.17) is 91.1 Å². The Morgan fingerprint density at radius 2 is 1.48 bits per heavy atom. The molecular weight excluding hydrogens is 2270 g/mol. The molecule has 4 aliphatic heterocycles. The zero-order chi connectivity index (χ0) is 110. The van der Waals surface area contributed by atoms with E-state index in [-0.39, 0.29) is 162 Å². The van der Waals surface area contributed by atoms with Crippen LogP contribution in [0.25, 0.3) is 0 Å². The molecule has 23 atom stereocenters. The largest absolute Gasteiger partial charge is 0.492 e. The molecule has 0 spiro atoms. The lowest BCUT2D eigenvalue weighted by molar-refractivity contribution is -0.340. The van der Waals surface area contributed by atoms with Gasteiger partial charge in [-0.1, -0.05) is 134 Å². The number of carbonyl (C=O) groups excluding carboxylic acids is 10. The van der Waals surface area contributed by atoms with E-state index in [1.165, 1.54) is 75.3 Å². The summed E-state index contributed by atoms with van der Waals surface area (Å²) in [6, 6.07) is -0.317. The first-order valence-electron chi connectivity index (χ1n) is 49.4. The van der Waals surface area contributed by atoms with Gasteiger partial charge in [0, 0.05) is 99.2 Å². The second-order valence-electron chi connectivity index (χ2n) is 36.4. The number of nitrogens with two attached hydrogens (primary N) is 1. The van der Waals surface area contributed by atoms with E-state index in [9.17, 15) is 68.4 Å². The Hall–Kier alpha value is -7.90. The first-order valence-corrected chi connectivity index (χ1v) is 56.0. The molecule has 9 amide bonds. The molecule has 1 aromatic heterocycles. The lowest BCUT2D eigenvalue weighted by Gasteiger charge is -2.48. The fraction of sp³-hybridized carbons (Fsp3) is 0.677. The number of urea groups is 1. The van der Waals surface area contributed by atoms with Gasteiger partial charge in [0.1, 0.15) is 74.0 Å². The average molecular weight is 2410 g/mol. The SMILES string of the molecule is CC#C/C=C\C#C[C@H](OC1OC(C)C(NOC2CC(O)C(SC(=O)c3c(C)c(I)c(OC(C)C(O)C(OC)C4OC4C)c(OC)c3OC)C(C)O2)C(O)C1OC1CC(OC)C(N(CC)C(=O)CNC(=O)OCc2ccc(NC(=O)[C@H](CCCNC(N)=O)NC(=O)[C@@H](NC(=O)CCOCCOCCNC(=O)CCOCCOCCn3nnc(CBr)c3CBr)C(C)C)cc2)CO1)C1/C(=C\CSSC(C)C)[C@@](C)(O)CC(=O)C1NC(=O)OC. The summed E-state index contributed by atoms with van der Waals surface area (Å²) >= 11 is 9.72. The molecule has 3 aromatic rings. The van der Waals surface area contributed by atoms with Gasteiger partial charge in [-0.3, -0.25) is 38.4 Å². The number of allylic oxidation sites excluding steroid dienone is 2. The highest BCUT2D eigenvalue weighted by atomic mass is 127. The van der Waals surface area contributed by atoms with Crippen molar-refractivity contribution in [3.8, 4) is 40.9 Å². The normalized spacial score (nSPS) is 24.6. The smallest absolute Gasteiger partial charge is 0.407 e. The first-order chi connectivity index (χ1) is 71.7. The number of anilines is 1. The molecule has 51 heteroatoms. The number of benzene rings is 2. The fourth-order valence-electron chi connectivity index (χ4n) is 17.0. The van der Waals surface area contributed by atoms with Gasteiger partial charge >= 0.3 is 18.2 Å². The number of aliphatic hydroxyl groups excluding tert-OH is 3. The average Bonchev–Trinajstić information content (AvgIpc) is 1.04. The van der Waals surface area contributed by atoms with Gasteiger partial charge in [0.25, 0.3) is 0 Å².